The predicted molar refractivity (Wildman–Crippen MR) is 106 cm³/mol. The Morgan fingerprint density at radius 1 is 1.14 bits per heavy atom. The zero-order chi connectivity index (χ0) is 20.6. The molecular weight excluding hydrogens is 398 g/mol. The normalized spacial score (nSPS) is 25.8. The molecule has 2 heterocycles. The molecule has 152 valence electrons. The average Bonchev–Trinajstić information content (AvgIpc) is 3.08. The van der Waals surface area contributed by atoms with Gasteiger partial charge in [-0.25, -0.2) is 8.78 Å². The molecule has 3 nitrogen and oxygen atoms in total. The Morgan fingerprint density at radius 2 is 1.86 bits per heavy atom. The van der Waals surface area contributed by atoms with Gasteiger partial charge in [-0.15, -0.1) is 6.58 Å². The summed E-state index contributed by atoms with van der Waals surface area (Å²) in [6.45, 7) is 4.20. The molecule has 1 saturated heterocycles. The van der Waals surface area contributed by atoms with Gasteiger partial charge in [0, 0.05) is 22.4 Å². The van der Waals surface area contributed by atoms with Crippen LogP contribution < -0.4 is 4.74 Å². The van der Waals surface area contributed by atoms with Gasteiger partial charge in [0.05, 0.1) is 18.6 Å². The van der Waals surface area contributed by atoms with E-state index in [0.29, 0.717) is 30.9 Å². The molecule has 4 rings (SSSR count). The van der Waals surface area contributed by atoms with Gasteiger partial charge >= 0.3 is 5.97 Å². The number of cyclic esters (lactones) is 1. The second kappa shape index (κ2) is 7.79. The molecule has 0 aliphatic carbocycles. The van der Waals surface area contributed by atoms with Crippen LogP contribution in [0.5, 0.6) is 5.75 Å². The minimum atomic E-state index is -0.866. The van der Waals surface area contributed by atoms with E-state index in [1.807, 2.05) is 12.1 Å². The summed E-state index contributed by atoms with van der Waals surface area (Å²) in [5.41, 5.74) is 0.232. The maximum Gasteiger partial charge on any atom is 0.312 e. The highest BCUT2D eigenvalue weighted by Gasteiger charge is 2.54. The molecule has 0 amide bonds. The highest BCUT2D eigenvalue weighted by Crippen LogP contribution is 2.53. The zero-order valence-corrected chi connectivity index (χ0v) is 16.6. The fourth-order valence-electron chi connectivity index (χ4n) is 4.70. The van der Waals surface area contributed by atoms with Crippen molar-refractivity contribution in [3.05, 3.63) is 76.8 Å². The van der Waals surface area contributed by atoms with Crippen LogP contribution in [-0.2, 0) is 16.0 Å². The molecule has 1 fully saturated rings. The molecular formula is C23H21ClF2O3. The van der Waals surface area contributed by atoms with E-state index in [1.165, 1.54) is 0 Å². The molecule has 3 unspecified atom stereocenters. The van der Waals surface area contributed by atoms with E-state index in [0.717, 1.165) is 17.7 Å². The van der Waals surface area contributed by atoms with Gasteiger partial charge in [0.2, 0.25) is 0 Å². The Bertz CT molecular complexity index is 944. The van der Waals surface area contributed by atoms with Crippen molar-refractivity contribution in [2.45, 2.75) is 25.2 Å². The molecule has 3 atom stereocenters. The Hall–Kier alpha value is -2.40. The van der Waals surface area contributed by atoms with E-state index < -0.39 is 23.0 Å². The van der Waals surface area contributed by atoms with Gasteiger partial charge in [0.1, 0.15) is 5.82 Å². The van der Waals surface area contributed by atoms with Gasteiger partial charge < -0.3 is 9.47 Å². The van der Waals surface area contributed by atoms with E-state index in [2.05, 4.69) is 6.58 Å². The molecule has 0 saturated carbocycles. The van der Waals surface area contributed by atoms with Crippen LogP contribution in [0.1, 0.15) is 29.9 Å². The van der Waals surface area contributed by atoms with Crippen LogP contribution in [0.4, 0.5) is 8.78 Å². The van der Waals surface area contributed by atoms with Crippen LogP contribution in [0.15, 0.2) is 49.1 Å². The Balaban J connectivity index is 1.83. The van der Waals surface area contributed by atoms with Gasteiger partial charge in [-0.3, -0.25) is 4.79 Å². The first kappa shape index (κ1) is 19.9. The number of carbonyl (C=O) groups excluding carboxylic acids is 1. The lowest BCUT2D eigenvalue weighted by molar-refractivity contribution is -0.150. The van der Waals surface area contributed by atoms with Gasteiger partial charge in [-0.2, -0.15) is 0 Å². The standard InChI is InChI=1S/C23H21ClF2O3/c1-2-9-23(10-11-28-22(23)27)17-13-29-21-19(26)8-7-18(25)20(21)16(17)12-14-3-5-15(24)6-4-14/h2-8,16-17H,1,9-13H2. The highest BCUT2D eigenvalue weighted by atomic mass is 35.5. The molecule has 0 aromatic heterocycles. The summed E-state index contributed by atoms with van der Waals surface area (Å²) in [5.74, 6) is -2.37. The maximum absolute atomic E-state index is 14.9. The lowest BCUT2D eigenvalue weighted by atomic mass is 9.63. The molecule has 2 aliphatic rings. The molecule has 0 bridgehead atoms. The van der Waals surface area contributed by atoms with E-state index >= 15 is 0 Å². The highest BCUT2D eigenvalue weighted by molar-refractivity contribution is 6.30. The number of esters is 1. The minimum Gasteiger partial charge on any atom is -0.490 e. The molecule has 2 aromatic rings. The van der Waals surface area contributed by atoms with Crippen molar-refractivity contribution in [1.82, 2.24) is 0 Å². The monoisotopic (exact) mass is 418 g/mol. The summed E-state index contributed by atoms with van der Waals surface area (Å²) in [6.07, 6.45) is 2.99. The lowest BCUT2D eigenvalue weighted by Gasteiger charge is -2.42. The maximum atomic E-state index is 14.9. The first-order valence-electron chi connectivity index (χ1n) is 9.59. The van der Waals surface area contributed by atoms with Gasteiger partial charge in [-0.1, -0.05) is 29.8 Å². The molecule has 2 aliphatic heterocycles. The molecule has 2 aromatic carbocycles. The quantitative estimate of drug-likeness (QED) is 0.477. The van der Waals surface area contributed by atoms with Crippen molar-refractivity contribution < 1.29 is 23.0 Å². The summed E-state index contributed by atoms with van der Waals surface area (Å²) >= 11 is 5.99. The number of hydrogen-bond donors (Lipinski definition) is 0. The van der Waals surface area contributed by atoms with Crippen LogP contribution in [-0.4, -0.2) is 19.2 Å². The largest absolute Gasteiger partial charge is 0.490 e. The second-order valence-corrected chi connectivity index (χ2v) is 8.10. The number of benzene rings is 2. The number of ether oxygens (including phenoxy) is 2. The van der Waals surface area contributed by atoms with Crippen molar-refractivity contribution in [3.8, 4) is 5.75 Å². The Kier molecular flexibility index (Phi) is 5.34. The van der Waals surface area contributed by atoms with Gasteiger partial charge in [-0.05, 0) is 49.1 Å². The first-order chi connectivity index (χ1) is 14.0. The summed E-state index contributed by atoms with van der Waals surface area (Å²) in [6, 6.07) is 9.42. The summed E-state index contributed by atoms with van der Waals surface area (Å²) < 4.78 is 40.3. The van der Waals surface area contributed by atoms with Crippen LogP contribution in [0.3, 0.4) is 0 Å². The molecule has 0 N–H and O–H groups in total. The SMILES string of the molecule is C=CCC1(C2COc3c(F)ccc(F)c3C2Cc2ccc(Cl)cc2)CCOC1=O. The summed E-state index contributed by atoms with van der Waals surface area (Å²) in [5, 5.41) is 0.595. The molecule has 29 heavy (non-hydrogen) atoms. The predicted octanol–water partition coefficient (Wildman–Crippen LogP) is 5.46. The van der Waals surface area contributed by atoms with Crippen LogP contribution in [0.25, 0.3) is 0 Å². The molecule has 0 spiro atoms. The zero-order valence-electron chi connectivity index (χ0n) is 15.8. The van der Waals surface area contributed by atoms with Crippen molar-refractivity contribution >= 4 is 17.6 Å². The number of fused-ring (bicyclic) bond motifs is 1. The van der Waals surface area contributed by atoms with E-state index in [-0.39, 0.29) is 29.8 Å². The van der Waals surface area contributed by atoms with E-state index in [9.17, 15) is 13.6 Å². The van der Waals surface area contributed by atoms with Crippen molar-refractivity contribution in [2.75, 3.05) is 13.2 Å². The fourth-order valence-corrected chi connectivity index (χ4v) is 4.82. The number of hydrogen-bond acceptors (Lipinski definition) is 3. The van der Waals surface area contributed by atoms with Crippen LogP contribution in [0, 0.1) is 23.0 Å². The van der Waals surface area contributed by atoms with Gasteiger partial charge in [0.25, 0.3) is 0 Å². The lowest BCUT2D eigenvalue weighted by Crippen LogP contribution is -2.44. The average molecular weight is 419 g/mol. The van der Waals surface area contributed by atoms with E-state index in [4.69, 9.17) is 21.1 Å². The smallest absolute Gasteiger partial charge is 0.312 e. The number of allylic oxidation sites excluding steroid dienone is 1. The topological polar surface area (TPSA) is 35.5 Å². The first-order valence-corrected chi connectivity index (χ1v) is 9.97. The van der Waals surface area contributed by atoms with Crippen LogP contribution in [0.2, 0.25) is 5.02 Å². The number of carbonyl (C=O) groups is 1. The second-order valence-electron chi connectivity index (χ2n) is 7.66. The van der Waals surface area contributed by atoms with E-state index in [1.54, 1.807) is 18.2 Å². The Morgan fingerprint density at radius 3 is 2.52 bits per heavy atom. The Labute approximate surface area is 173 Å². The molecule has 6 heteroatoms. The minimum absolute atomic E-state index is 0.0691. The third-order valence-electron chi connectivity index (χ3n) is 6.13. The summed E-state index contributed by atoms with van der Waals surface area (Å²) in [4.78, 5) is 12.8. The third-order valence-corrected chi connectivity index (χ3v) is 6.39. The van der Waals surface area contributed by atoms with Crippen molar-refractivity contribution in [3.63, 3.8) is 0 Å². The fraction of sp³-hybridized carbons (Fsp3) is 0.348. The van der Waals surface area contributed by atoms with Crippen molar-refractivity contribution in [1.29, 1.82) is 0 Å². The van der Waals surface area contributed by atoms with Crippen LogP contribution >= 0.6 is 11.6 Å². The summed E-state index contributed by atoms with van der Waals surface area (Å²) in [7, 11) is 0. The number of halogens is 3. The number of rotatable bonds is 5. The molecule has 0 radical (unpaired) electrons. The van der Waals surface area contributed by atoms with Gasteiger partial charge in [0.15, 0.2) is 11.6 Å². The third kappa shape index (κ3) is 3.42. The van der Waals surface area contributed by atoms with Crippen molar-refractivity contribution in [2.24, 2.45) is 11.3 Å².